The summed E-state index contributed by atoms with van der Waals surface area (Å²) in [4.78, 5) is 7.96. The Hall–Kier alpha value is -2.19. The van der Waals surface area contributed by atoms with E-state index in [1.165, 1.54) is 0 Å². The van der Waals surface area contributed by atoms with Gasteiger partial charge in [-0.25, -0.2) is 4.98 Å². The van der Waals surface area contributed by atoms with E-state index in [1.807, 2.05) is 41.8 Å². The average Bonchev–Trinajstić information content (AvgIpc) is 3.18. The molecule has 0 unspecified atom stereocenters. The molecule has 4 rings (SSSR count). The number of nitrogens with zero attached hydrogens (tertiary/aromatic N) is 5. The maximum absolute atomic E-state index is 4.56. The molecule has 0 saturated carbocycles. The first kappa shape index (κ1) is 16.3. The molecule has 8 heteroatoms. The Kier molecular flexibility index (Phi) is 4.30. The van der Waals surface area contributed by atoms with Gasteiger partial charge in [-0.05, 0) is 41.9 Å². The number of fused-ring (bicyclic) bond motifs is 1. The second kappa shape index (κ2) is 6.61. The number of rotatable bonds is 4. The molecule has 25 heavy (non-hydrogen) atoms. The van der Waals surface area contributed by atoms with Gasteiger partial charge >= 0.3 is 5.78 Å². The molecule has 0 radical (unpaired) electrons. The Morgan fingerprint density at radius 2 is 2.04 bits per heavy atom. The van der Waals surface area contributed by atoms with E-state index in [2.05, 4.69) is 53.5 Å². The van der Waals surface area contributed by atoms with Gasteiger partial charge in [0.15, 0.2) is 9.76 Å². The van der Waals surface area contributed by atoms with Gasteiger partial charge in [-0.3, -0.25) is 4.57 Å². The van der Waals surface area contributed by atoms with E-state index in [0.29, 0.717) is 0 Å². The number of para-hydroxylation sites is 1. The van der Waals surface area contributed by atoms with Crippen LogP contribution >= 0.6 is 27.7 Å². The summed E-state index contributed by atoms with van der Waals surface area (Å²) in [6.07, 6.45) is 1.74. The largest absolute Gasteiger partial charge is 0.402 e. The smallest absolute Gasteiger partial charge is 0.277 e. The molecule has 0 bridgehead atoms. The number of halogens is 1. The van der Waals surface area contributed by atoms with Crippen molar-refractivity contribution in [2.75, 3.05) is 0 Å². The second-order valence-electron chi connectivity index (χ2n) is 5.70. The van der Waals surface area contributed by atoms with Crippen LogP contribution in [0, 0.1) is 13.8 Å². The fourth-order valence-electron chi connectivity index (χ4n) is 2.76. The Bertz CT molecular complexity index is 1040. The van der Waals surface area contributed by atoms with Crippen molar-refractivity contribution in [3.63, 3.8) is 0 Å². The van der Waals surface area contributed by atoms with Crippen LogP contribution in [-0.4, -0.2) is 24.7 Å². The van der Waals surface area contributed by atoms with Crippen LogP contribution in [0.15, 0.2) is 52.5 Å². The van der Waals surface area contributed by atoms with Gasteiger partial charge in [0, 0.05) is 11.8 Å². The van der Waals surface area contributed by atoms with E-state index in [9.17, 15) is 0 Å². The Labute approximate surface area is 157 Å². The summed E-state index contributed by atoms with van der Waals surface area (Å²) in [5, 5.41) is 9.15. The van der Waals surface area contributed by atoms with Crippen LogP contribution in [0.5, 0.6) is 0 Å². The van der Waals surface area contributed by atoms with Crippen molar-refractivity contribution >= 4 is 33.5 Å². The Morgan fingerprint density at radius 3 is 2.84 bits per heavy atom. The lowest BCUT2D eigenvalue weighted by molar-refractivity contribution is -0.533. The molecule has 126 valence electrons. The summed E-state index contributed by atoms with van der Waals surface area (Å²) in [7, 11) is 0. The summed E-state index contributed by atoms with van der Waals surface area (Å²) in [5.41, 5.74) is 4.24. The summed E-state index contributed by atoms with van der Waals surface area (Å²) >= 11 is 5.32. The molecule has 0 saturated heterocycles. The molecule has 0 fully saturated rings. The number of benzene rings is 1. The monoisotopic (exact) mass is 415 g/mol. The van der Waals surface area contributed by atoms with Crippen LogP contribution in [0.3, 0.4) is 0 Å². The third kappa shape index (κ3) is 3.07. The average molecular weight is 416 g/mol. The molecule has 6 nitrogen and oxygen atoms in total. The molecule has 1 aromatic carbocycles. The van der Waals surface area contributed by atoms with E-state index in [4.69, 9.17) is 0 Å². The molecular formula is C17H16BrN6S+. The van der Waals surface area contributed by atoms with Crippen LogP contribution in [0.1, 0.15) is 17.1 Å². The van der Waals surface area contributed by atoms with Crippen molar-refractivity contribution in [3.05, 3.63) is 64.4 Å². The molecule has 4 aromatic rings. The van der Waals surface area contributed by atoms with Crippen molar-refractivity contribution in [3.8, 4) is 5.69 Å². The standard InChI is InChI=1S/C17H15BrN6S/c1-11-8-12(2)24-15(18)14(21-16(24)20-11)9-25-17-22-19-10-23(17)13-6-4-3-5-7-13/h3-8,10H,9H2,1-2H3/p+1. The van der Waals surface area contributed by atoms with Gasteiger partial charge in [0.2, 0.25) is 0 Å². The first-order chi connectivity index (χ1) is 12.1. The van der Waals surface area contributed by atoms with Crippen LogP contribution in [0.4, 0.5) is 0 Å². The van der Waals surface area contributed by atoms with Crippen LogP contribution in [0.2, 0.25) is 0 Å². The molecule has 0 spiro atoms. The third-order valence-electron chi connectivity index (χ3n) is 3.87. The topological polar surface area (TPSA) is 63.5 Å². The fourth-order valence-corrected chi connectivity index (χ4v) is 4.51. The lowest BCUT2D eigenvalue weighted by Crippen LogP contribution is -2.26. The van der Waals surface area contributed by atoms with Gasteiger partial charge in [0.25, 0.3) is 0 Å². The minimum atomic E-state index is 0.730. The first-order valence-corrected chi connectivity index (χ1v) is 9.56. The lowest BCUT2D eigenvalue weighted by Gasteiger charge is -2.04. The van der Waals surface area contributed by atoms with Gasteiger partial charge < -0.3 is 0 Å². The highest BCUT2D eigenvalue weighted by molar-refractivity contribution is 9.10. The van der Waals surface area contributed by atoms with Crippen molar-refractivity contribution in [1.82, 2.24) is 24.7 Å². The zero-order valence-corrected chi connectivity index (χ0v) is 16.2. The quantitative estimate of drug-likeness (QED) is 0.409. The van der Waals surface area contributed by atoms with Crippen LogP contribution in [0.25, 0.3) is 11.5 Å². The van der Waals surface area contributed by atoms with Crippen molar-refractivity contribution in [2.24, 2.45) is 0 Å². The molecule has 3 aromatic heterocycles. The maximum atomic E-state index is 4.56. The molecular weight excluding hydrogens is 400 g/mol. The normalized spacial score (nSPS) is 11.3. The SMILES string of the molecule is Cc1cc(C)[n+]2c(Br)c(CSc3nncn3-c3ccccc3)[nH]c2n1. The number of hydrogen-bond acceptors (Lipinski definition) is 4. The van der Waals surface area contributed by atoms with E-state index in [-0.39, 0.29) is 0 Å². The fraction of sp³-hybridized carbons (Fsp3) is 0.176. The number of H-pyrrole nitrogens is 1. The van der Waals surface area contributed by atoms with Gasteiger partial charge in [0.05, 0.1) is 11.4 Å². The molecule has 0 atom stereocenters. The minimum Gasteiger partial charge on any atom is -0.277 e. The highest BCUT2D eigenvalue weighted by Crippen LogP contribution is 2.25. The highest BCUT2D eigenvalue weighted by atomic mass is 79.9. The maximum Gasteiger partial charge on any atom is 0.402 e. The number of aromatic nitrogens is 6. The number of nitrogens with one attached hydrogen (secondary N) is 1. The molecule has 0 aliphatic heterocycles. The number of thioether (sulfide) groups is 1. The van der Waals surface area contributed by atoms with Gasteiger partial charge in [-0.2, -0.15) is 4.40 Å². The zero-order valence-electron chi connectivity index (χ0n) is 13.8. The number of aromatic amines is 1. The van der Waals surface area contributed by atoms with Crippen LogP contribution < -0.4 is 4.40 Å². The number of imidazole rings is 1. The summed E-state index contributed by atoms with van der Waals surface area (Å²) in [6, 6.07) is 12.2. The van der Waals surface area contributed by atoms with Crippen LogP contribution in [-0.2, 0) is 5.75 Å². The lowest BCUT2D eigenvalue weighted by atomic mass is 10.3. The Morgan fingerprint density at radius 1 is 1.24 bits per heavy atom. The molecule has 0 amide bonds. The molecule has 0 aliphatic rings. The predicted molar refractivity (Wildman–Crippen MR) is 99.8 cm³/mol. The van der Waals surface area contributed by atoms with Gasteiger partial charge in [-0.15, -0.1) is 10.2 Å². The van der Waals surface area contributed by atoms with E-state index >= 15 is 0 Å². The van der Waals surface area contributed by atoms with E-state index in [1.54, 1.807) is 18.1 Å². The van der Waals surface area contributed by atoms with Crippen molar-refractivity contribution in [2.45, 2.75) is 24.8 Å². The molecule has 0 aliphatic carbocycles. The predicted octanol–water partition coefficient (Wildman–Crippen LogP) is 3.40. The zero-order chi connectivity index (χ0) is 17.4. The number of hydrogen-bond donors (Lipinski definition) is 1. The van der Waals surface area contributed by atoms with Gasteiger partial charge in [-0.1, -0.05) is 34.9 Å². The summed E-state index contributed by atoms with van der Waals surface area (Å²) in [6.45, 7) is 4.07. The Balaban J connectivity index is 1.63. The van der Waals surface area contributed by atoms with Crippen molar-refractivity contribution in [1.29, 1.82) is 0 Å². The third-order valence-corrected chi connectivity index (χ3v) is 5.67. The van der Waals surface area contributed by atoms with Crippen molar-refractivity contribution < 1.29 is 4.40 Å². The number of aryl methyl sites for hydroxylation is 2. The van der Waals surface area contributed by atoms with Gasteiger partial charge in [0.1, 0.15) is 17.7 Å². The molecule has 1 N–H and O–H groups in total. The second-order valence-corrected chi connectivity index (χ2v) is 7.39. The minimum absolute atomic E-state index is 0.730. The first-order valence-electron chi connectivity index (χ1n) is 7.78. The van der Waals surface area contributed by atoms with E-state index < -0.39 is 0 Å². The highest BCUT2D eigenvalue weighted by Gasteiger charge is 2.20. The van der Waals surface area contributed by atoms with E-state index in [0.717, 1.165) is 44.1 Å². The molecule has 3 heterocycles. The summed E-state index contributed by atoms with van der Waals surface area (Å²) in [5.74, 6) is 1.57. The summed E-state index contributed by atoms with van der Waals surface area (Å²) < 4.78 is 5.05.